The Morgan fingerprint density at radius 1 is 0.972 bits per heavy atom. The maximum absolute atomic E-state index is 13.2. The minimum atomic E-state index is -0.395. The van der Waals surface area contributed by atoms with Crippen molar-refractivity contribution in [1.82, 2.24) is 10.3 Å². The van der Waals surface area contributed by atoms with Gasteiger partial charge in [0.15, 0.2) is 11.5 Å². The molecule has 4 rings (SSSR count). The zero-order chi connectivity index (χ0) is 25.3. The van der Waals surface area contributed by atoms with Crippen molar-refractivity contribution >= 4 is 29.2 Å². The first-order valence-electron chi connectivity index (χ1n) is 11.3. The van der Waals surface area contributed by atoms with Crippen LogP contribution in [0, 0.1) is 0 Å². The van der Waals surface area contributed by atoms with Crippen molar-refractivity contribution in [2.45, 2.75) is 19.4 Å². The van der Waals surface area contributed by atoms with E-state index in [9.17, 15) is 14.4 Å². The summed E-state index contributed by atoms with van der Waals surface area (Å²) in [6.45, 7) is 0.169. The lowest BCUT2D eigenvalue weighted by molar-refractivity contribution is -0.125. The third kappa shape index (κ3) is 6.29. The Bertz CT molecular complexity index is 1230. The number of nitrogens with zero attached hydrogens (tertiary/aromatic N) is 2. The summed E-state index contributed by atoms with van der Waals surface area (Å²) >= 11 is 0. The summed E-state index contributed by atoms with van der Waals surface area (Å²) in [4.78, 5) is 43.7. The standard InChI is InChI=1S/C26H26N4O6/c1-34-20-7-3-2-6-19(20)30(26(33)12-11-24(31)29-23-8-4-5-13-27-23)16-25(32)28-15-18-9-10-21-22(14-18)36-17-35-21/h2-10,13-14H,11-12,15-17H2,1H3,(H,28,32)(H,27,29,31). The number of hydrogen-bond acceptors (Lipinski definition) is 7. The van der Waals surface area contributed by atoms with Crippen LogP contribution in [0.5, 0.6) is 17.2 Å². The Morgan fingerprint density at radius 2 is 1.78 bits per heavy atom. The second-order valence-electron chi connectivity index (χ2n) is 7.88. The first-order chi connectivity index (χ1) is 17.5. The molecule has 36 heavy (non-hydrogen) atoms. The molecule has 3 amide bonds. The van der Waals surface area contributed by atoms with Crippen LogP contribution in [-0.2, 0) is 20.9 Å². The highest BCUT2D eigenvalue weighted by Crippen LogP contribution is 2.32. The number of anilines is 2. The number of carbonyl (C=O) groups is 3. The molecule has 0 unspecified atom stereocenters. The third-order valence-corrected chi connectivity index (χ3v) is 5.40. The average molecular weight is 491 g/mol. The lowest BCUT2D eigenvalue weighted by Gasteiger charge is -2.24. The van der Waals surface area contributed by atoms with Crippen LogP contribution < -0.4 is 29.7 Å². The molecule has 10 nitrogen and oxygen atoms in total. The Labute approximate surface area is 208 Å². The number of carbonyl (C=O) groups excluding carboxylic acids is 3. The largest absolute Gasteiger partial charge is 0.495 e. The zero-order valence-corrected chi connectivity index (χ0v) is 19.7. The van der Waals surface area contributed by atoms with Crippen molar-refractivity contribution in [3.63, 3.8) is 0 Å². The molecule has 1 aliphatic heterocycles. The monoisotopic (exact) mass is 490 g/mol. The smallest absolute Gasteiger partial charge is 0.240 e. The maximum Gasteiger partial charge on any atom is 0.240 e. The van der Waals surface area contributed by atoms with Gasteiger partial charge in [-0.3, -0.25) is 19.3 Å². The maximum atomic E-state index is 13.2. The molecule has 3 aromatic rings. The number of fused-ring (bicyclic) bond motifs is 1. The first kappa shape index (κ1) is 24.5. The number of para-hydroxylation sites is 2. The minimum absolute atomic E-state index is 0.0696. The van der Waals surface area contributed by atoms with Crippen molar-refractivity contribution in [2.24, 2.45) is 0 Å². The van der Waals surface area contributed by atoms with Gasteiger partial charge in [-0.2, -0.15) is 0 Å². The van der Waals surface area contributed by atoms with Gasteiger partial charge in [-0.1, -0.05) is 24.3 Å². The molecule has 0 atom stereocenters. The van der Waals surface area contributed by atoms with Gasteiger partial charge in [0.25, 0.3) is 0 Å². The quantitative estimate of drug-likeness (QED) is 0.449. The van der Waals surface area contributed by atoms with E-state index in [1.807, 2.05) is 6.07 Å². The highest BCUT2D eigenvalue weighted by atomic mass is 16.7. The van der Waals surface area contributed by atoms with Crippen molar-refractivity contribution < 1.29 is 28.6 Å². The van der Waals surface area contributed by atoms with Crippen molar-refractivity contribution in [3.05, 3.63) is 72.4 Å². The Kier molecular flexibility index (Phi) is 7.97. The highest BCUT2D eigenvalue weighted by molar-refractivity contribution is 6.02. The molecule has 1 aliphatic rings. The number of hydrogen-bond donors (Lipinski definition) is 2. The molecule has 1 aromatic heterocycles. The molecular weight excluding hydrogens is 464 g/mol. The number of rotatable bonds is 10. The van der Waals surface area contributed by atoms with Gasteiger partial charge in [-0.25, -0.2) is 4.98 Å². The van der Waals surface area contributed by atoms with Crippen LogP contribution >= 0.6 is 0 Å². The number of nitrogens with one attached hydrogen (secondary N) is 2. The summed E-state index contributed by atoms with van der Waals surface area (Å²) < 4.78 is 16.1. The molecule has 0 bridgehead atoms. The number of pyridine rings is 1. The SMILES string of the molecule is COc1ccccc1N(CC(=O)NCc1ccc2c(c1)OCO2)C(=O)CCC(=O)Nc1ccccn1. The second-order valence-corrected chi connectivity index (χ2v) is 7.88. The number of aromatic nitrogens is 1. The lowest BCUT2D eigenvalue weighted by atomic mass is 10.2. The van der Waals surface area contributed by atoms with Gasteiger partial charge in [0, 0.05) is 25.6 Å². The molecule has 2 aromatic carbocycles. The molecule has 2 N–H and O–H groups in total. The molecule has 0 spiro atoms. The van der Waals surface area contributed by atoms with Crippen LogP contribution in [0.25, 0.3) is 0 Å². The molecule has 0 aliphatic carbocycles. The lowest BCUT2D eigenvalue weighted by Crippen LogP contribution is -2.41. The summed E-state index contributed by atoms with van der Waals surface area (Å²) in [6, 6.07) is 17.5. The molecule has 0 fully saturated rings. The van der Waals surface area contributed by atoms with Crippen molar-refractivity contribution in [3.8, 4) is 17.2 Å². The third-order valence-electron chi connectivity index (χ3n) is 5.40. The van der Waals surface area contributed by atoms with E-state index in [1.165, 1.54) is 12.0 Å². The van der Waals surface area contributed by atoms with Crippen LogP contribution in [0.2, 0.25) is 0 Å². The predicted molar refractivity (Wildman–Crippen MR) is 132 cm³/mol. The van der Waals surface area contributed by atoms with Gasteiger partial charge in [0.1, 0.15) is 18.1 Å². The van der Waals surface area contributed by atoms with Gasteiger partial charge in [-0.15, -0.1) is 0 Å². The topological polar surface area (TPSA) is 119 Å². The van der Waals surface area contributed by atoms with E-state index in [2.05, 4.69) is 15.6 Å². The molecule has 0 saturated carbocycles. The molecule has 0 radical (unpaired) electrons. The van der Waals surface area contributed by atoms with Crippen LogP contribution in [0.3, 0.4) is 0 Å². The molecular formula is C26H26N4O6. The van der Waals surface area contributed by atoms with Crippen LogP contribution in [0.15, 0.2) is 66.9 Å². The van der Waals surface area contributed by atoms with E-state index in [4.69, 9.17) is 14.2 Å². The van der Waals surface area contributed by atoms with E-state index in [1.54, 1.807) is 60.8 Å². The first-order valence-corrected chi connectivity index (χ1v) is 11.3. The highest BCUT2D eigenvalue weighted by Gasteiger charge is 2.23. The molecule has 186 valence electrons. The number of amides is 3. The summed E-state index contributed by atoms with van der Waals surface area (Å²) in [7, 11) is 1.49. The predicted octanol–water partition coefficient (Wildman–Crippen LogP) is 2.89. The molecule has 2 heterocycles. The van der Waals surface area contributed by atoms with Gasteiger partial charge >= 0.3 is 0 Å². The Balaban J connectivity index is 1.40. The Morgan fingerprint density at radius 3 is 2.58 bits per heavy atom. The van der Waals surface area contributed by atoms with E-state index >= 15 is 0 Å². The van der Waals surface area contributed by atoms with Crippen molar-refractivity contribution in [1.29, 1.82) is 0 Å². The molecule has 10 heteroatoms. The number of ether oxygens (including phenoxy) is 3. The zero-order valence-electron chi connectivity index (χ0n) is 19.7. The summed E-state index contributed by atoms with van der Waals surface area (Å²) in [6.07, 6.45) is 1.39. The second kappa shape index (κ2) is 11.7. The van der Waals surface area contributed by atoms with E-state index in [0.717, 1.165) is 5.56 Å². The number of benzene rings is 2. The van der Waals surface area contributed by atoms with E-state index < -0.39 is 5.91 Å². The summed E-state index contributed by atoms with van der Waals surface area (Å²) in [5.41, 5.74) is 1.27. The van der Waals surface area contributed by atoms with Gasteiger partial charge < -0.3 is 24.8 Å². The van der Waals surface area contributed by atoms with Crippen molar-refractivity contribution in [2.75, 3.05) is 30.7 Å². The minimum Gasteiger partial charge on any atom is -0.495 e. The normalized spacial score (nSPS) is 11.5. The van der Waals surface area contributed by atoms with Gasteiger partial charge in [0.2, 0.25) is 24.5 Å². The van der Waals surface area contributed by atoms with Crippen LogP contribution in [-0.4, -0.2) is 43.2 Å². The van der Waals surface area contributed by atoms with E-state index in [-0.39, 0.29) is 44.5 Å². The molecule has 0 saturated heterocycles. The van der Waals surface area contributed by atoms with Gasteiger partial charge in [-0.05, 0) is 42.0 Å². The van der Waals surface area contributed by atoms with Crippen LogP contribution in [0.1, 0.15) is 18.4 Å². The Hall–Kier alpha value is -4.60. The fourth-order valence-electron chi connectivity index (χ4n) is 3.61. The van der Waals surface area contributed by atoms with E-state index in [0.29, 0.717) is 28.8 Å². The fraction of sp³-hybridized carbons (Fsp3) is 0.231. The van der Waals surface area contributed by atoms with Gasteiger partial charge in [0.05, 0.1) is 12.8 Å². The summed E-state index contributed by atoms with van der Waals surface area (Å²) in [5, 5.41) is 5.47. The number of methoxy groups -OCH3 is 1. The fourth-order valence-corrected chi connectivity index (χ4v) is 3.61. The van der Waals surface area contributed by atoms with Crippen LogP contribution in [0.4, 0.5) is 11.5 Å². The summed E-state index contributed by atoms with van der Waals surface area (Å²) in [5.74, 6) is 1.00. The average Bonchev–Trinajstić information content (AvgIpc) is 3.38.